The van der Waals surface area contributed by atoms with Crippen LogP contribution in [0.4, 0.5) is 8.78 Å². The van der Waals surface area contributed by atoms with Crippen LogP contribution in [0.5, 0.6) is 5.75 Å². The molecule has 2 aromatic rings. The first-order valence-corrected chi connectivity index (χ1v) is 10.7. The van der Waals surface area contributed by atoms with E-state index in [2.05, 4.69) is 20.9 Å². The minimum atomic E-state index is -0.723. The highest BCUT2D eigenvalue weighted by Crippen LogP contribution is 2.24. The van der Waals surface area contributed by atoms with Crippen LogP contribution in [0, 0.1) is 18.6 Å². The molecule has 0 unspecified atom stereocenters. The van der Waals surface area contributed by atoms with Crippen molar-refractivity contribution in [1.82, 2.24) is 4.57 Å². The largest absolute Gasteiger partial charge is 0.487 e. The van der Waals surface area contributed by atoms with Gasteiger partial charge in [0.1, 0.15) is 28.5 Å². The molecule has 2 heterocycles. The molecule has 0 bridgehead atoms. The smallest absolute Gasteiger partial charge is 0.269 e. The maximum atomic E-state index is 13.8. The highest BCUT2D eigenvalue weighted by atomic mass is 79.9. The molecule has 0 aliphatic carbocycles. The molecule has 6 nitrogen and oxygen atoms in total. The first-order chi connectivity index (χ1) is 15.3. The highest BCUT2D eigenvalue weighted by molar-refractivity contribution is 9.10. The van der Waals surface area contributed by atoms with Crippen molar-refractivity contribution >= 4 is 28.1 Å². The molecule has 0 atom stereocenters. The van der Waals surface area contributed by atoms with Gasteiger partial charge in [0.25, 0.3) is 5.56 Å². The number of hydrogen-bond donors (Lipinski definition) is 1. The first kappa shape index (κ1) is 25.2. The lowest BCUT2D eigenvalue weighted by Gasteiger charge is -2.15. The quantitative estimate of drug-likeness (QED) is 0.634. The van der Waals surface area contributed by atoms with Gasteiger partial charge in [-0.25, -0.2) is 8.78 Å². The van der Waals surface area contributed by atoms with Crippen molar-refractivity contribution in [3.63, 3.8) is 0 Å². The third-order valence-corrected chi connectivity index (χ3v) is 5.22. The lowest BCUT2D eigenvalue weighted by Crippen LogP contribution is -2.24. The van der Waals surface area contributed by atoms with Gasteiger partial charge in [0.15, 0.2) is 0 Å². The number of aromatic nitrogens is 1. The number of hydrogen-bond acceptors (Lipinski definition) is 4. The van der Waals surface area contributed by atoms with E-state index in [0.29, 0.717) is 16.8 Å². The predicted octanol–water partition coefficient (Wildman–Crippen LogP) is 4.23. The number of nitrogens with zero attached hydrogens (tertiary/aromatic N) is 2. The fraction of sp³-hybridized carbons (Fsp3) is 0.261. The number of carbonyl (C=O) groups excluding carboxylic acids is 1. The Bertz CT molecular complexity index is 1150. The second kappa shape index (κ2) is 11.5. The van der Waals surface area contributed by atoms with Gasteiger partial charge in [0, 0.05) is 35.2 Å². The summed E-state index contributed by atoms with van der Waals surface area (Å²) < 4.78 is 34.1. The van der Waals surface area contributed by atoms with E-state index in [1.54, 1.807) is 31.4 Å². The van der Waals surface area contributed by atoms with Gasteiger partial charge in [-0.3, -0.25) is 14.6 Å². The van der Waals surface area contributed by atoms with Crippen molar-refractivity contribution in [3.8, 4) is 5.75 Å². The Kier molecular flexibility index (Phi) is 9.07. The van der Waals surface area contributed by atoms with Crippen LogP contribution in [0.1, 0.15) is 25.1 Å². The zero-order valence-electron chi connectivity index (χ0n) is 18.0. The van der Waals surface area contributed by atoms with E-state index < -0.39 is 17.5 Å². The number of benzene rings is 1. The molecule has 0 radical (unpaired) electrons. The fourth-order valence-electron chi connectivity index (χ4n) is 2.81. The number of aliphatic imine (C=N–C) groups is 1. The molecule has 9 heteroatoms. The molecular formula is C23H24BrF2N3O3. The van der Waals surface area contributed by atoms with Gasteiger partial charge in [0.2, 0.25) is 5.91 Å². The van der Waals surface area contributed by atoms with Crippen molar-refractivity contribution in [1.29, 1.82) is 0 Å². The summed E-state index contributed by atoms with van der Waals surface area (Å²) in [5, 5.41) is 0. The summed E-state index contributed by atoms with van der Waals surface area (Å²) in [7, 11) is 0. The van der Waals surface area contributed by atoms with E-state index in [4.69, 9.17) is 10.5 Å². The SMILES string of the molecule is CC.Cc1cc(OCc2ccc(F)cc2F)c(Br)c(=O)n1CC1=CC=C(C(N)=O)CN=C1. The minimum Gasteiger partial charge on any atom is -0.487 e. The maximum absolute atomic E-state index is 13.8. The van der Waals surface area contributed by atoms with Crippen LogP contribution < -0.4 is 16.0 Å². The molecule has 0 fully saturated rings. The minimum absolute atomic E-state index is 0.161. The molecule has 1 aliphatic rings. The first-order valence-electron chi connectivity index (χ1n) is 9.92. The van der Waals surface area contributed by atoms with Gasteiger partial charge in [-0.15, -0.1) is 0 Å². The van der Waals surface area contributed by atoms with E-state index in [1.165, 1.54) is 10.6 Å². The van der Waals surface area contributed by atoms with Gasteiger partial charge in [0.05, 0.1) is 13.1 Å². The van der Waals surface area contributed by atoms with Gasteiger partial charge in [-0.2, -0.15) is 0 Å². The predicted molar refractivity (Wildman–Crippen MR) is 124 cm³/mol. The van der Waals surface area contributed by atoms with Gasteiger partial charge >= 0.3 is 0 Å². The third-order valence-electron chi connectivity index (χ3n) is 4.49. The van der Waals surface area contributed by atoms with Crippen LogP contribution >= 0.6 is 15.9 Å². The molecule has 2 N–H and O–H groups in total. The second-order valence-electron chi connectivity index (χ2n) is 6.65. The Labute approximate surface area is 193 Å². The number of allylic oxidation sites excluding steroid dienone is 3. The van der Waals surface area contributed by atoms with E-state index in [0.717, 1.165) is 12.1 Å². The van der Waals surface area contributed by atoms with Crippen molar-refractivity contribution in [2.45, 2.75) is 33.9 Å². The number of ether oxygens (including phenoxy) is 1. The van der Waals surface area contributed by atoms with Crippen molar-refractivity contribution in [3.05, 3.63) is 85.3 Å². The Morgan fingerprint density at radius 1 is 1.25 bits per heavy atom. The molecule has 170 valence electrons. The standard InChI is InChI=1S/C21H18BrF2N3O3.C2H6/c1-12-6-18(30-11-15-4-5-16(23)7-17(15)24)19(22)21(29)27(12)10-13-2-3-14(20(25)28)9-26-8-13;1-2/h2-8H,9-11H2,1H3,(H2,25,28);1-2H3. The summed E-state index contributed by atoms with van der Waals surface area (Å²) in [6, 6.07) is 4.85. The zero-order chi connectivity index (χ0) is 23.8. The molecule has 1 aromatic carbocycles. The van der Waals surface area contributed by atoms with E-state index in [1.807, 2.05) is 13.8 Å². The molecule has 1 aliphatic heterocycles. The number of amides is 1. The Morgan fingerprint density at radius 2 is 1.97 bits per heavy atom. The molecule has 0 saturated carbocycles. The lowest BCUT2D eigenvalue weighted by molar-refractivity contribution is -0.114. The molecule has 0 saturated heterocycles. The maximum Gasteiger partial charge on any atom is 0.269 e. The average molecular weight is 508 g/mol. The summed E-state index contributed by atoms with van der Waals surface area (Å²) in [4.78, 5) is 28.3. The number of pyridine rings is 1. The summed E-state index contributed by atoms with van der Waals surface area (Å²) in [6.07, 6.45) is 4.88. The number of primary amides is 1. The number of nitrogens with two attached hydrogens (primary N) is 1. The van der Waals surface area contributed by atoms with Gasteiger partial charge in [-0.05, 0) is 40.6 Å². The second-order valence-corrected chi connectivity index (χ2v) is 7.44. The normalized spacial score (nSPS) is 12.8. The number of carbonyl (C=O) groups is 1. The Balaban J connectivity index is 0.00000176. The topological polar surface area (TPSA) is 86.7 Å². The van der Waals surface area contributed by atoms with Crippen LogP contribution in [0.15, 0.2) is 61.8 Å². The van der Waals surface area contributed by atoms with Gasteiger partial charge in [-0.1, -0.05) is 26.0 Å². The van der Waals surface area contributed by atoms with Gasteiger partial charge < -0.3 is 15.0 Å². The molecule has 1 amide bonds. The van der Waals surface area contributed by atoms with Crippen molar-refractivity contribution in [2.24, 2.45) is 10.7 Å². The van der Waals surface area contributed by atoms with Crippen LogP contribution in [-0.4, -0.2) is 23.2 Å². The number of aryl methyl sites for hydroxylation is 1. The number of halogens is 3. The molecular weight excluding hydrogens is 484 g/mol. The van der Waals surface area contributed by atoms with Crippen LogP contribution in [0.25, 0.3) is 0 Å². The summed E-state index contributed by atoms with van der Waals surface area (Å²) in [6.45, 7) is 5.98. The third kappa shape index (κ3) is 6.23. The van der Waals surface area contributed by atoms with Crippen LogP contribution in [0.2, 0.25) is 0 Å². The number of rotatable bonds is 6. The summed E-state index contributed by atoms with van der Waals surface area (Å²) in [5.41, 5.74) is 6.80. The van der Waals surface area contributed by atoms with E-state index in [9.17, 15) is 18.4 Å². The molecule has 1 aromatic heterocycles. The van der Waals surface area contributed by atoms with Crippen LogP contribution in [0.3, 0.4) is 0 Å². The molecule has 0 spiro atoms. The average Bonchev–Trinajstić information content (AvgIpc) is 3.01. The monoisotopic (exact) mass is 507 g/mol. The lowest BCUT2D eigenvalue weighted by atomic mass is 10.2. The Hall–Kier alpha value is -3.07. The van der Waals surface area contributed by atoms with Crippen LogP contribution in [-0.2, 0) is 17.9 Å². The fourth-order valence-corrected chi connectivity index (χ4v) is 3.25. The zero-order valence-corrected chi connectivity index (χ0v) is 19.6. The van der Waals surface area contributed by atoms with E-state index in [-0.39, 0.29) is 41.0 Å². The van der Waals surface area contributed by atoms with E-state index >= 15 is 0 Å². The summed E-state index contributed by atoms with van der Waals surface area (Å²) >= 11 is 3.24. The van der Waals surface area contributed by atoms with Crippen molar-refractivity contribution < 1.29 is 18.3 Å². The highest BCUT2D eigenvalue weighted by Gasteiger charge is 2.15. The molecule has 32 heavy (non-hydrogen) atoms. The summed E-state index contributed by atoms with van der Waals surface area (Å²) in [5.74, 6) is -1.69. The molecule has 3 rings (SSSR count). The Morgan fingerprint density at radius 3 is 2.62 bits per heavy atom. The van der Waals surface area contributed by atoms with Crippen molar-refractivity contribution in [2.75, 3.05) is 6.54 Å².